The van der Waals surface area contributed by atoms with Gasteiger partial charge in [0.05, 0.1) is 11.5 Å². The standard InChI is InChI=1S/C25H27NO/c1-3-11-23-16-17-25(24(27)26(23)18-4-2,19-21-12-7-5-8-13-21)20-22-14-9-6-10-15-22/h3-10,12-17,23H,1-2,11,18-20H2/t23-/m0/s1. The summed E-state index contributed by atoms with van der Waals surface area (Å²) in [6, 6.07) is 20.6. The second-order valence-electron chi connectivity index (χ2n) is 7.18. The van der Waals surface area contributed by atoms with E-state index in [0.29, 0.717) is 19.4 Å². The van der Waals surface area contributed by atoms with Crippen LogP contribution in [0, 0.1) is 5.41 Å². The smallest absolute Gasteiger partial charge is 0.234 e. The number of amides is 1. The predicted molar refractivity (Wildman–Crippen MR) is 112 cm³/mol. The van der Waals surface area contributed by atoms with Crippen LogP contribution >= 0.6 is 0 Å². The molecule has 1 aliphatic heterocycles. The monoisotopic (exact) mass is 357 g/mol. The maximum Gasteiger partial charge on any atom is 0.234 e. The van der Waals surface area contributed by atoms with Crippen LogP contribution < -0.4 is 0 Å². The highest BCUT2D eigenvalue weighted by Crippen LogP contribution is 2.36. The van der Waals surface area contributed by atoms with E-state index in [1.165, 1.54) is 11.1 Å². The van der Waals surface area contributed by atoms with Gasteiger partial charge in [0, 0.05) is 6.54 Å². The van der Waals surface area contributed by atoms with E-state index in [4.69, 9.17) is 0 Å². The van der Waals surface area contributed by atoms with Crippen molar-refractivity contribution in [3.05, 3.63) is 109 Å². The first-order chi connectivity index (χ1) is 13.2. The maximum atomic E-state index is 13.7. The Kier molecular flexibility index (Phi) is 6.08. The van der Waals surface area contributed by atoms with E-state index >= 15 is 0 Å². The van der Waals surface area contributed by atoms with E-state index in [0.717, 1.165) is 6.42 Å². The van der Waals surface area contributed by atoms with Gasteiger partial charge in [0.2, 0.25) is 5.91 Å². The molecule has 2 aromatic carbocycles. The van der Waals surface area contributed by atoms with Crippen molar-refractivity contribution in [2.45, 2.75) is 25.3 Å². The molecule has 0 aliphatic carbocycles. The van der Waals surface area contributed by atoms with E-state index in [9.17, 15) is 4.79 Å². The Morgan fingerprint density at radius 3 is 1.93 bits per heavy atom. The molecule has 0 bridgehead atoms. The number of rotatable bonds is 8. The summed E-state index contributed by atoms with van der Waals surface area (Å²) in [5.41, 5.74) is 1.77. The van der Waals surface area contributed by atoms with Crippen LogP contribution in [0.5, 0.6) is 0 Å². The fraction of sp³-hybridized carbons (Fsp3) is 0.240. The van der Waals surface area contributed by atoms with Crippen molar-refractivity contribution in [2.24, 2.45) is 5.41 Å². The summed E-state index contributed by atoms with van der Waals surface area (Å²) in [4.78, 5) is 15.7. The Labute approximate surface area is 162 Å². The molecule has 0 aromatic heterocycles. The van der Waals surface area contributed by atoms with Crippen LogP contribution in [0.1, 0.15) is 17.5 Å². The maximum absolute atomic E-state index is 13.7. The minimum absolute atomic E-state index is 0.0488. The lowest BCUT2D eigenvalue weighted by Crippen LogP contribution is -2.52. The van der Waals surface area contributed by atoms with E-state index in [2.05, 4.69) is 49.6 Å². The van der Waals surface area contributed by atoms with E-state index in [-0.39, 0.29) is 11.9 Å². The molecule has 0 unspecified atom stereocenters. The predicted octanol–water partition coefficient (Wildman–Crippen LogP) is 4.99. The largest absolute Gasteiger partial charge is 0.331 e. The quantitative estimate of drug-likeness (QED) is 0.610. The Hall–Kier alpha value is -2.87. The van der Waals surface area contributed by atoms with Crippen molar-refractivity contribution >= 4 is 5.91 Å². The summed E-state index contributed by atoms with van der Waals surface area (Å²) in [6.07, 6.45) is 10.1. The average molecular weight is 357 g/mol. The molecule has 2 heteroatoms. The summed E-state index contributed by atoms with van der Waals surface area (Å²) >= 11 is 0. The number of nitrogens with zero attached hydrogens (tertiary/aromatic N) is 1. The third kappa shape index (κ3) is 4.28. The zero-order valence-electron chi connectivity index (χ0n) is 15.8. The number of hydrogen-bond acceptors (Lipinski definition) is 1. The molecule has 0 saturated carbocycles. The third-order valence-corrected chi connectivity index (χ3v) is 5.18. The number of carbonyl (C=O) groups excluding carboxylic acids is 1. The first-order valence-electron chi connectivity index (χ1n) is 9.48. The van der Waals surface area contributed by atoms with Crippen molar-refractivity contribution < 1.29 is 4.79 Å². The zero-order valence-corrected chi connectivity index (χ0v) is 15.8. The third-order valence-electron chi connectivity index (χ3n) is 5.18. The molecule has 0 fully saturated rings. The molecule has 0 radical (unpaired) electrons. The van der Waals surface area contributed by atoms with E-state index in [1.807, 2.05) is 53.5 Å². The lowest BCUT2D eigenvalue weighted by atomic mass is 9.72. The topological polar surface area (TPSA) is 20.3 Å². The van der Waals surface area contributed by atoms with Gasteiger partial charge in [-0.1, -0.05) is 85.0 Å². The van der Waals surface area contributed by atoms with Gasteiger partial charge >= 0.3 is 0 Å². The number of hydrogen-bond donors (Lipinski definition) is 0. The van der Waals surface area contributed by atoms with Crippen molar-refractivity contribution in [3.8, 4) is 0 Å². The van der Waals surface area contributed by atoms with Gasteiger partial charge in [-0.2, -0.15) is 0 Å². The molecule has 0 N–H and O–H groups in total. The molecule has 27 heavy (non-hydrogen) atoms. The van der Waals surface area contributed by atoms with Crippen molar-refractivity contribution in [1.29, 1.82) is 0 Å². The minimum Gasteiger partial charge on any atom is -0.331 e. The van der Waals surface area contributed by atoms with Crippen LogP contribution in [0.15, 0.2) is 98.1 Å². The van der Waals surface area contributed by atoms with Crippen LogP contribution in [0.25, 0.3) is 0 Å². The Morgan fingerprint density at radius 1 is 0.889 bits per heavy atom. The van der Waals surface area contributed by atoms with Gasteiger partial charge in [-0.05, 0) is 30.4 Å². The normalized spacial score (nSPS) is 18.3. The molecule has 1 aliphatic rings. The molecule has 1 heterocycles. The van der Waals surface area contributed by atoms with Crippen LogP contribution in [-0.4, -0.2) is 23.4 Å². The van der Waals surface area contributed by atoms with Gasteiger partial charge in [0.1, 0.15) is 0 Å². The van der Waals surface area contributed by atoms with E-state index < -0.39 is 5.41 Å². The van der Waals surface area contributed by atoms with Crippen molar-refractivity contribution in [3.63, 3.8) is 0 Å². The molecule has 1 amide bonds. The number of benzene rings is 2. The summed E-state index contributed by atoms with van der Waals surface area (Å²) in [5.74, 6) is 0.171. The Morgan fingerprint density at radius 2 is 1.44 bits per heavy atom. The lowest BCUT2D eigenvalue weighted by Gasteiger charge is -2.42. The molecule has 0 spiro atoms. The lowest BCUT2D eigenvalue weighted by molar-refractivity contribution is -0.141. The summed E-state index contributed by atoms with van der Waals surface area (Å²) in [6.45, 7) is 8.25. The highest BCUT2D eigenvalue weighted by Gasteiger charge is 2.43. The van der Waals surface area contributed by atoms with Crippen LogP contribution in [0.2, 0.25) is 0 Å². The number of carbonyl (C=O) groups is 1. The molecule has 1 atom stereocenters. The van der Waals surface area contributed by atoms with Gasteiger partial charge in [-0.25, -0.2) is 0 Å². The second kappa shape index (κ2) is 8.68. The van der Waals surface area contributed by atoms with Crippen molar-refractivity contribution in [1.82, 2.24) is 4.90 Å². The second-order valence-corrected chi connectivity index (χ2v) is 7.18. The van der Waals surface area contributed by atoms with Crippen LogP contribution in [-0.2, 0) is 17.6 Å². The Bertz CT molecular complexity index is 765. The van der Waals surface area contributed by atoms with Gasteiger partial charge < -0.3 is 4.90 Å². The molecular weight excluding hydrogens is 330 g/mol. The van der Waals surface area contributed by atoms with Gasteiger partial charge in [0.25, 0.3) is 0 Å². The average Bonchev–Trinajstić information content (AvgIpc) is 2.69. The fourth-order valence-electron chi connectivity index (χ4n) is 3.89. The van der Waals surface area contributed by atoms with Crippen molar-refractivity contribution in [2.75, 3.05) is 6.54 Å². The highest BCUT2D eigenvalue weighted by atomic mass is 16.2. The first-order valence-corrected chi connectivity index (χ1v) is 9.48. The van der Waals surface area contributed by atoms with E-state index in [1.54, 1.807) is 0 Å². The van der Waals surface area contributed by atoms with Crippen LogP contribution in [0.4, 0.5) is 0 Å². The van der Waals surface area contributed by atoms with Gasteiger partial charge in [-0.15, -0.1) is 13.2 Å². The minimum atomic E-state index is -0.580. The van der Waals surface area contributed by atoms with Crippen LogP contribution in [0.3, 0.4) is 0 Å². The van der Waals surface area contributed by atoms with Gasteiger partial charge in [-0.3, -0.25) is 4.79 Å². The molecule has 0 saturated heterocycles. The molecule has 138 valence electrons. The highest BCUT2D eigenvalue weighted by molar-refractivity contribution is 5.87. The summed E-state index contributed by atoms with van der Waals surface area (Å²) < 4.78 is 0. The molecular formula is C25H27NO. The molecule has 3 rings (SSSR count). The molecule has 2 aromatic rings. The first kappa shape index (κ1) is 18.9. The summed E-state index contributed by atoms with van der Waals surface area (Å²) in [5, 5.41) is 0. The Balaban J connectivity index is 2.02. The fourth-order valence-corrected chi connectivity index (χ4v) is 3.89. The SMILES string of the molecule is C=CC[C@H]1C=CC(Cc2ccccc2)(Cc2ccccc2)C(=O)N1CC=C. The zero-order chi connectivity index (χ0) is 19.1. The van der Waals surface area contributed by atoms with Gasteiger partial charge in [0.15, 0.2) is 0 Å². The summed E-state index contributed by atoms with van der Waals surface area (Å²) in [7, 11) is 0. The molecule has 2 nitrogen and oxygen atoms in total.